The molecule has 3 atom stereocenters. The van der Waals surface area contributed by atoms with Crippen LogP contribution >= 0.6 is 39.7 Å². The highest BCUT2D eigenvalue weighted by Crippen LogP contribution is 2.31. The van der Waals surface area contributed by atoms with Gasteiger partial charge in [0.25, 0.3) is 5.91 Å². The minimum atomic E-state index is -0.0654. The maximum Gasteiger partial charge on any atom is 0.270 e. The van der Waals surface area contributed by atoms with Crippen LogP contribution in [0, 0.1) is 0 Å². The fraction of sp³-hybridized carbons (Fsp3) is 0.429. The van der Waals surface area contributed by atoms with Crippen LogP contribution in [-0.2, 0) is 0 Å². The zero-order valence-electron chi connectivity index (χ0n) is 11.1. The molecule has 2 saturated heterocycles. The summed E-state index contributed by atoms with van der Waals surface area (Å²) in [5.41, 5.74) is 0.499. The van der Waals surface area contributed by atoms with Crippen molar-refractivity contribution in [2.75, 3.05) is 0 Å². The van der Waals surface area contributed by atoms with Crippen molar-refractivity contribution < 1.29 is 4.79 Å². The van der Waals surface area contributed by atoms with Gasteiger partial charge in [-0.3, -0.25) is 4.79 Å². The maximum absolute atomic E-state index is 12.3. The molecule has 21 heavy (non-hydrogen) atoms. The van der Waals surface area contributed by atoms with Crippen LogP contribution in [0.2, 0.25) is 0 Å². The first-order valence-corrected chi connectivity index (χ1v) is 8.47. The first kappa shape index (κ1) is 15.2. The van der Waals surface area contributed by atoms with Crippen molar-refractivity contribution in [2.45, 2.75) is 37.4 Å². The number of hydrogen-bond acceptors (Lipinski definition) is 4. The number of nitrogens with zero attached hydrogens (tertiary/aromatic N) is 1. The van der Waals surface area contributed by atoms with E-state index in [2.05, 4.69) is 31.5 Å². The van der Waals surface area contributed by atoms with Gasteiger partial charge in [0.05, 0.1) is 4.70 Å². The normalized spacial score (nSPS) is 26.8. The van der Waals surface area contributed by atoms with Gasteiger partial charge in [0.15, 0.2) is 0 Å². The van der Waals surface area contributed by atoms with Gasteiger partial charge in [-0.15, -0.1) is 23.7 Å². The van der Waals surface area contributed by atoms with E-state index >= 15 is 0 Å². The van der Waals surface area contributed by atoms with E-state index in [0.29, 0.717) is 17.8 Å². The van der Waals surface area contributed by atoms with E-state index in [1.807, 2.05) is 11.4 Å². The van der Waals surface area contributed by atoms with E-state index in [1.54, 1.807) is 17.5 Å². The lowest BCUT2D eigenvalue weighted by Gasteiger charge is -2.21. The van der Waals surface area contributed by atoms with Crippen LogP contribution in [0.3, 0.4) is 0 Å². The fourth-order valence-corrected chi connectivity index (χ4v) is 4.76. The summed E-state index contributed by atoms with van der Waals surface area (Å²) in [5.74, 6) is -0.0654. The second-order valence-electron chi connectivity index (χ2n) is 5.51. The Bertz CT molecular complexity index is 692. The summed E-state index contributed by atoms with van der Waals surface area (Å²) in [6.07, 6.45) is 5.22. The molecule has 0 spiro atoms. The zero-order valence-corrected chi connectivity index (χ0v) is 14.4. The van der Waals surface area contributed by atoms with Crippen LogP contribution in [0.1, 0.15) is 29.8 Å². The van der Waals surface area contributed by atoms with Gasteiger partial charge in [-0.2, -0.15) is 0 Å². The highest BCUT2D eigenvalue weighted by atomic mass is 79.9. The summed E-state index contributed by atoms with van der Waals surface area (Å²) >= 11 is 5.13. The van der Waals surface area contributed by atoms with Gasteiger partial charge in [-0.05, 0) is 41.3 Å². The summed E-state index contributed by atoms with van der Waals surface area (Å²) in [4.78, 5) is 16.6. The lowest BCUT2D eigenvalue weighted by atomic mass is 9.95. The average molecular weight is 389 g/mol. The van der Waals surface area contributed by atoms with Crippen LogP contribution < -0.4 is 10.6 Å². The molecule has 0 aromatic carbocycles. The predicted octanol–water partition coefficient (Wildman–Crippen LogP) is 3.10. The number of amides is 1. The number of nitrogens with one attached hydrogen (secondary N) is 2. The van der Waals surface area contributed by atoms with Gasteiger partial charge in [-0.1, -0.05) is 0 Å². The Morgan fingerprint density at radius 2 is 2.33 bits per heavy atom. The number of aromatic nitrogens is 1. The Hall–Kier alpha value is -0.690. The third kappa shape index (κ3) is 2.70. The number of carbonyl (C=O) groups is 1. The topological polar surface area (TPSA) is 54.0 Å². The SMILES string of the molecule is Cl.O=C(N[C@@H]1CC2CCC1N2)c1cc2c(Br)csc2cn1. The smallest absolute Gasteiger partial charge is 0.270 e. The lowest BCUT2D eigenvalue weighted by molar-refractivity contribution is 0.0926. The van der Waals surface area contributed by atoms with Gasteiger partial charge in [0.1, 0.15) is 5.69 Å². The van der Waals surface area contributed by atoms with Crippen molar-refractivity contribution in [1.29, 1.82) is 0 Å². The predicted molar refractivity (Wildman–Crippen MR) is 90.4 cm³/mol. The van der Waals surface area contributed by atoms with E-state index < -0.39 is 0 Å². The molecule has 2 fully saturated rings. The second-order valence-corrected chi connectivity index (χ2v) is 7.28. The van der Waals surface area contributed by atoms with Crippen molar-refractivity contribution in [3.8, 4) is 0 Å². The quantitative estimate of drug-likeness (QED) is 0.831. The van der Waals surface area contributed by atoms with Crippen molar-refractivity contribution in [3.63, 3.8) is 0 Å². The number of thiophene rings is 1. The zero-order chi connectivity index (χ0) is 13.7. The number of fused-ring (bicyclic) bond motifs is 3. The van der Waals surface area contributed by atoms with Gasteiger partial charge >= 0.3 is 0 Å². The Morgan fingerprint density at radius 1 is 1.48 bits per heavy atom. The summed E-state index contributed by atoms with van der Waals surface area (Å²) in [6.45, 7) is 0. The first-order chi connectivity index (χ1) is 9.70. The molecule has 0 saturated carbocycles. The van der Waals surface area contributed by atoms with Crippen LogP contribution in [-0.4, -0.2) is 29.0 Å². The summed E-state index contributed by atoms with van der Waals surface area (Å²) in [6, 6.07) is 3.16. The first-order valence-electron chi connectivity index (χ1n) is 6.80. The summed E-state index contributed by atoms with van der Waals surface area (Å²) in [5, 5.41) is 9.73. The molecule has 2 aliphatic rings. The maximum atomic E-state index is 12.3. The third-order valence-corrected chi connectivity index (χ3v) is 6.16. The minimum absolute atomic E-state index is 0. The summed E-state index contributed by atoms with van der Waals surface area (Å²) in [7, 11) is 0. The molecule has 4 rings (SSSR count). The van der Waals surface area contributed by atoms with Gasteiger partial charge in [0.2, 0.25) is 0 Å². The standard InChI is InChI=1S/C14H14BrN3OS.ClH/c15-9-6-20-13-5-16-12(4-8(9)13)14(19)18-11-3-7-1-2-10(11)17-7;/h4-7,10-11,17H,1-3H2,(H,18,19);1H/t7?,10?,11-;/m1./s1. The third-order valence-electron chi connectivity index (χ3n) is 4.26. The Balaban J connectivity index is 0.00000132. The molecule has 4 heterocycles. The van der Waals surface area contributed by atoms with Crippen LogP contribution in [0.5, 0.6) is 0 Å². The molecule has 2 aromatic heterocycles. The van der Waals surface area contributed by atoms with Crippen LogP contribution in [0.25, 0.3) is 10.1 Å². The number of halogens is 2. The molecule has 4 nitrogen and oxygen atoms in total. The number of pyridine rings is 1. The molecule has 0 radical (unpaired) electrons. The van der Waals surface area contributed by atoms with Crippen molar-refractivity contribution >= 4 is 55.7 Å². The van der Waals surface area contributed by atoms with Crippen molar-refractivity contribution in [2.24, 2.45) is 0 Å². The van der Waals surface area contributed by atoms with Crippen molar-refractivity contribution in [3.05, 3.63) is 27.8 Å². The van der Waals surface area contributed by atoms with Gasteiger partial charge in [-0.25, -0.2) is 4.98 Å². The highest BCUT2D eigenvalue weighted by molar-refractivity contribution is 9.10. The number of rotatable bonds is 2. The molecule has 2 N–H and O–H groups in total. The molecule has 2 aromatic rings. The molecule has 0 aliphatic carbocycles. The van der Waals surface area contributed by atoms with E-state index in [1.165, 1.54) is 6.42 Å². The van der Waals surface area contributed by atoms with E-state index in [4.69, 9.17) is 0 Å². The monoisotopic (exact) mass is 387 g/mol. The number of carbonyl (C=O) groups excluding carboxylic acids is 1. The number of hydrogen-bond donors (Lipinski definition) is 2. The average Bonchev–Trinajstić information content (AvgIpc) is 3.15. The minimum Gasteiger partial charge on any atom is -0.346 e. The largest absolute Gasteiger partial charge is 0.346 e. The molecule has 2 bridgehead atoms. The van der Waals surface area contributed by atoms with E-state index in [-0.39, 0.29) is 24.4 Å². The fourth-order valence-electron chi connectivity index (χ4n) is 3.25. The summed E-state index contributed by atoms with van der Waals surface area (Å²) < 4.78 is 2.12. The van der Waals surface area contributed by atoms with Crippen LogP contribution in [0.4, 0.5) is 0 Å². The molecular formula is C14H15BrClN3OS. The Labute approximate surface area is 141 Å². The molecule has 112 valence electrons. The molecular weight excluding hydrogens is 374 g/mol. The van der Waals surface area contributed by atoms with Crippen LogP contribution in [0.15, 0.2) is 22.1 Å². The molecule has 7 heteroatoms. The van der Waals surface area contributed by atoms with E-state index in [0.717, 1.165) is 27.4 Å². The Kier molecular flexibility index (Phi) is 4.23. The molecule has 2 aliphatic heterocycles. The lowest BCUT2D eigenvalue weighted by Crippen LogP contribution is -2.43. The van der Waals surface area contributed by atoms with E-state index in [9.17, 15) is 4.79 Å². The molecule has 2 unspecified atom stereocenters. The highest BCUT2D eigenvalue weighted by Gasteiger charge is 2.39. The van der Waals surface area contributed by atoms with Gasteiger partial charge in [0, 0.05) is 39.6 Å². The van der Waals surface area contributed by atoms with Gasteiger partial charge < -0.3 is 10.6 Å². The molecule has 1 amide bonds. The Morgan fingerprint density at radius 3 is 3.05 bits per heavy atom. The second kappa shape index (κ2) is 5.83. The van der Waals surface area contributed by atoms with Crippen molar-refractivity contribution in [1.82, 2.24) is 15.6 Å².